The molecule has 1 N–H and O–H groups in total. The smallest absolute Gasteiger partial charge is 0.328 e. The van der Waals surface area contributed by atoms with E-state index in [1.807, 2.05) is 49.3 Å². The van der Waals surface area contributed by atoms with Crippen molar-refractivity contribution in [1.82, 2.24) is 4.98 Å². The summed E-state index contributed by atoms with van der Waals surface area (Å²) in [7, 11) is 3.95. The van der Waals surface area contributed by atoms with E-state index in [1.54, 1.807) is 48.5 Å². The summed E-state index contributed by atoms with van der Waals surface area (Å²) in [5.74, 6) is -1.51. The molecule has 0 radical (unpaired) electrons. The van der Waals surface area contributed by atoms with Gasteiger partial charge in [-0.25, -0.2) is 4.79 Å². The van der Waals surface area contributed by atoms with E-state index in [2.05, 4.69) is 4.98 Å². The van der Waals surface area contributed by atoms with E-state index in [0.717, 1.165) is 22.9 Å². The van der Waals surface area contributed by atoms with E-state index in [9.17, 15) is 9.59 Å². The summed E-state index contributed by atoms with van der Waals surface area (Å²) in [4.78, 5) is 32.1. The number of amides is 1. The lowest BCUT2D eigenvalue weighted by molar-refractivity contribution is -0.131. The molecule has 1 heterocycles. The molecular formula is C30H26ClN3O3. The summed E-state index contributed by atoms with van der Waals surface area (Å²) in [6.07, 6.45) is 5.32. The highest BCUT2D eigenvalue weighted by molar-refractivity contribution is 6.31. The normalized spacial score (nSPS) is 12.1. The Labute approximate surface area is 222 Å². The Kier molecular flexibility index (Phi) is 7.58. The summed E-state index contributed by atoms with van der Waals surface area (Å²) in [5, 5.41) is 9.33. The summed E-state index contributed by atoms with van der Waals surface area (Å²) in [5.41, 5.74) is 4.59. The third kappa shape index (κ3) is 6.42. The maximum absolute atomic E-state index is 13.6. The quantitative estimate of drug-likeness (QED) is 0.276. The first kappa shape index (κ1) is 24.3. The van der Waals surface area contributed by atoms with E-state index in [4.69, 9.17) is 18.1 Å². The van der Waals surface area contributed by atoms with Crippen LogP contribution in [0.25, 0.3) is 17.2 Å². The molecule has 0 aliphatic rings. The Morgan fingerprint density at radius 3 is 2.30 bits per heavy atom. The highest BCUT2D eigenvalue weighted by atomic mass is 35.5. The van der Waals surface area contributed by atoms with Crippen molar-refractivity contribution in [2.75, 3.05) is 23.9 Å². The molecule has 3 aromatic carbocycles. The second kappa shape index (κ2) is 11.5. The van der Waals surface area contributed by atoms with Crippen molar-refractivity contribution < 1.29 is 16.1 Å². The van der Waals surface area contributed by atoms with Crippen LogP contribution in [-0.2, 0) is 11.3 Å². The van der Waals surface area contributed by atoms with Crippen LogP contribution in [0.2, 0.25) is 5.02 Å². The summed E-state index contributed by atoms with van der Waals surface area (Å²) in [6, 6.07) is 23.7. The zero-order valence-electron chi connectivity index (χ0n) is 21.4. The van der Waals surface area contributed by atoms with Crippen molar-refractivity contribution in [2.24, 2.45) is 0 Å². The van der Waals surface area contributed by atoms with Crippen LogP contribution in [0.15, 0.2) is 97.3 Å². The van der Waals surface area contributed by atoms with Gasteiger partial charge >= 0.3 is 5.97 Å². The molecule has 186 valence electrons. The topological polar surface area (TPSA) is 73.7 Å². The molecule has 1 aromatic heterocycles. The van der Waals surface area contributed by atoms with E-state index in [-0.39, 0.29) is 0 Å². The summed E-state index contributed by atoms with van der Waals surface area (Å²) in [6.45, 7) is -1.19. The van der Waals surface area contributed by atoms with E-state index in [0.29, 0.717) is 27.4 Å². The molecule has 6 nitrogen and oxygen atoms in total. The number of aliphatic carboxylic acids is 1. The van der Waals surface area contributed by atoms with Gasteiger partial charge in [0.15, 0.2) is 0 Å². The van der Waals surface area contributed by atoms with Crippen LogP contribution in [0.4, 0.5) is 11.4 Å². The number of carbonyl (C=O) groups excluding carboxylic acids is 1. The number of hydrogen-bond acceptors (Lipinski definition) is 4. The first-order valence-corrected chi connectivity index (χ1v) is 11.9. The van der Waals surface area contributed by atoms with Crippen LogP contribution >= 0.6 is 11.6 Å². The highest BCUT2D eigenvalue weighted by Crippen LogP contribution is 2.30. The number of carboxylic acid groups (broad SMARTS) is 1. The molecule has 37 heavy (non-hydrogen) atoms. The molecule has 0 aliphatic heterocycles. The number of hydrogen-bond donors (Lipinski definition) is 1. The fraction of sp³-hybridized carbons (Fsp3) is 0.100. The SMILES string of the molecule is [2H][C@H](c1ccc(-c2ccc(N(C)C)cc2)cc1Cl)N(C(=O)c1ccccc1)c1cncc(/C=C/C(=O)O)c1. The van der Waals surface area contributed by atoms with Gasteiger partial charge in [0.25, 0.3) is 5.91 Å². The minimum Gasteiger partial charge on any atom is -0.478 e. The second-order valence-electron chi connectivity index (χ2n) is 8.50. The molecule has 0 spiro atoms. The Hall–Kier alpha value is -4.42. The third-order valence-corrected chi connectivity index (χ3v) is 5.99. The lowest BCUT2D eigenvalue weighted by Crippen LogP contribution is -2.30. The van der Waals surface area contributed by atoms with Gasteiger partial charge in [-0.05, 0) is 64.7 Å². The van der Waals surface area contributed by atoms with E-state index in [1.165, 1.54) is 23.4 Å². The molecule has 0 fully saturated rings. The molecule has 7 heteroatoms. The molecule has 1 atom stereocenters. The van der Waals surface area contributed by atoms with Crippen molar-refractivity contribution in [3.05, 3.63) is 119 Å². The number of halogens is 1. The van der Waals surface area contributed by atoms with Crippen LogP contribution in [-0.4, -0.2) is 36.1 Å². The molecule has 0 unspecified atom stereocenters. The largest absolute Gasteiger partial charge is 0.478 e. The predicted octanol–water partition coefficient (Wildman–Crippen LogP) is 6.41. The highest BCUT2D eigenvalue weighted by Gasteiger charge is 2.20. The van der Waals surface area contributed by atoms with Gasteiger partial charge < -0.3 is 14.9 Å². The number of benzene rings is 3. The molecule has 4 aromatic rings. The van der Waals surface area contributed by atoms with E-state index >= 15 is 0 Å². The Morgan fingerprint density at radius 1 is 0.946 bits per heavy atom. The third-order valence-electron chi connectivity index (χ3n) is 5.67. The lowest BCUT2D eigenvalue weighted by Gasteiger charge is -2.24. The number of nitrogens with zero attached hydrogens (tertiary/aromatic N) is 3. The van der Waals surface area contributed by atoms with Crippen molar-refractivity contribution in [2.45, 2.75) is 6.52 Å². The number of pyridine rings is 1. The van der Waals surface area contributed by atoms with Gasteiger partial charge in [0.1, 0.15) is 0 Å². The van der Waals surface area contributed by atoms with Crippen molar-refractivity contribution in [3.63, 3.8) is 0 Å². The molecule has 0 bridgehead atoms. The van der Waals surface area contributed by atoms with Gasteiger partial charge in [0, 0.05) is 42.6 Å². The fourth-order valence-corrected chi connectivity index (χ4v) is 3.94. The van der Waals surface area contributed by atoms with Gasteiger partial charge in [-0.1, -0.05) is 54.1 Å². The van der Waals surface area contributed by atoms with Gasteiger partial charge in [-0.3, -0.25) is 9.78 Å². The zero-order chi connectivity index (χ0) is 27.2. The maximum atomic E-state index is 13.6. The minimum atomic E-state index is -1.19. The Bertz CT molecular complexity index is 1470. The van der Waals surface area contributed by atoms with Crippen molar-refractivity contribution in [3.8, 4) is 11.1 Å². The molecule has 4 rings (SSSR count). The van der Waals surface area contributed by atoms with Gasteiger partial charge in [0.2, 0.25) is 0 Å². The first-order chi connectivity index (χ1) is 18.2. The van der Waals surface area contributed by atoms with E-state index < -0.39 is 18.4 Å². The second-order valence-corrected chi connectivity index (χ2v) is 8.90. The van der Waals surface area contributed by atoms with Crippen LogP contribution < -0.4 is 9.80 Å². The predicted molar refractivity (Wildman–Crippen MR) is 149 cm³/mol. The van der Waals surface area contributed by atoms with Gasteiger partial charge in [-0.2, -0.15) is 0 Å². The molecule has 0 aliphatic carbocycles. The maximum Gasteiger partial charge on any atom is 0.328 e. The number of aromatic nitrogens is 1. The summed E-state index contributed by atoms with van der Waals surface area (Å²) < 4.78 is 9.09. The number of anilines is 2. The monoisotopic (exact) mass is 512 g/mol. The standard InChI is InChI=1S/C30H26ClN3O3/c1-33(2)26-13-11-22(12-14-26)24-9-10-25(28(31)17-24)20-34(30(37)23-6-4-3-5-7-23)27-16-21(18-32-19-27)8-15-29(35)36/h3-19H,20H2,1-2H3,(H,35,36)/b15-8+/i20D/t20-/m1/s1. The van der Waals surface area contributed by atoms with Gasteiger partial charge in [-0.15, -0.1) is 0 Å². The number of carboxylic acids is 1. The fourth-order valence-electron chi connectivity index (χ4n) is 3.71. The van der Waals surface area contributed by atoms with Crippen molar-refractivity contribution >= 4 is 40.9 Å². The molecule has 0 saturated heterocycles. The van der Waals surface area contributed by atoms with Gasteiger partial charge in [0.05, 0.1) is 19.8 Å². The van der Waals surface area contributed by atoms with Crippen LogP contribution in [0, 0.1) is 0 Å². The molecule has 1 amide bonds. The molecule has 0 saturated carbocycles. The number of rotatable bonds is 8. The Morgan fingerprint density at radius 2 is 1.65 bits per heavy atom. The van der Waals surface area contributed by atoms with Crippen LogP contribution in [0.3, 0.4) is 0 Å². The average Bonchev–Trinajstić information content (AvgIpc) is 2.92. The first-order valence-electron chi connectivity index (χ1n) is 12.1. The minimum absolute atomic E-state index is 0.339. The average molecular weight is 513 g/mol. The van der Waals surface area contributed by atoms with Crippen LogP contribution in [0.5, 0.6) is 0 Å². The lowest BCUT2D eigenvalue weighted by atomic mass is 10.0. The zero-order valence-corrected chi connectivity index (χ0v) is 21.1. The van der Waals surface area contributed by atoms with Crippen molar-refractivity contribution in [1.29, 1.82) is 0 Å². The van der Waals surface area contributed by atoms with Crippen LogP contribution in [0.1, 0.15) is 22.9 Å². The summed E-state index contributed by atoms with van der Waals surface area (Å²) >= 11 is 6.70. The molecular weight excluding hydrogens is 486 g/mol. The number of carbonyl (C=O) groups is 2. The Balaban J connectivity index is 1.73.